The normalized spacial score (nSPS) is 22.5. The summed E-state index contributed by atoms with van der Waals surface area (Å²) >= 11 is 3.49. The molecule has 104 valence electrons. The van der Waals surface area contributed by atoms with Crippen molar-refractivity contribution in [2.24, 2.45) is 5.73 Å². The van der Waals surface area contributed by atoms with Gasteiger partial charge in [-0.25, -0.2) is 0 Å². The second kappa shape index (κ2) is 6.03. The van der Waals surface area contributed by atoms with Crippen LogP contribution >= 0.6 is 15.9 Å². The standard InChI is InChI=1S/C14H19BrN2O2/c1-8-5-9(2)13(11(15)6-8)17-14(18)12-4-3-10(7-16)19-12/h5-6,10,12H,3-4,7,16H2,1-2H3,(H,17,18). The van der Waals surface area contributed by atoms with Crippen LogP contribution in [0.4, 0.5) is 5.69 Å². The van der Waals surface area contributed by atoms with Crippen LogP contribution in [0.5, 0.6) is 0 Å². The lowest BCUT2D eigenvalue weighted by molar-refractivity contribution is -0.126. The minimum atomic E-state index is -0.388. The lowest BCUT2D eigenvalue weighted by Gasteiger charge is -2.15. The molecule has 1 aliphatic rings. The summed E-state index contributed by atoms with van der Waals surface area (Å²) < 4.78 is 6.49. The van der Waals surface area contributed by atoms with E-state index in [2.05, 4.69) is 21.2 Å². The van der Waals surface area contributed by atoms with Crippen LogP contribution in [0, 0.1) is 13.8 Å². The summed E-state index contributed by atoms with van der Waals surface area (Å²) in [6.45, 7) is 4.47. The summed E-state index contributed by atoms with van der Waals surface area (Å²) in [5, 5.41) is 2.94. The first-order chi connectivity index (χ1) is 9.01. The maximum atomic E-state index is 12.2. The number of ether oxygens (including phenoxy) is 1. The Bertz CT molecular complexity index is 467. The third kappa shape index (κ3) is 3.35. The maximum absolute atomic E-state index is 12.2. The molecule has 1 aromatic rings. The van der Waals surface area contributed by atoms with Crippen molar-refractivity contribution in [2.75, 3.05) is 11.9 Å². The molecule has 5 heteroatoms. The Hall–Kier alpha value is -0.910. The van der Waals surface area contributed by atoms with Crippen molar-refractivity contribution in [3.63, 3.8) is 0 Å². The third-order valence-corrected chi connectivity index (χ3v) is 3.97. The fourth-order valence-electron chi connectivity index (χ4n) is 2.35. The Morgan fingerprint density at radius 2 is 2.21 bits per heavy atom. The largest absolute Gasteiger partial charge is 0.364 e. The molecule has 0 aliphatic carbocycles. The average molecular weight is 327 g/mol. The van der Waals surface area contributed by atoms with Gasteiger partial charge in [-0.2, -0.15) is 0 Å². The van der Waals surface area contributed by atoms with Crippen molar-refractivity contribution in [3.05, 3.63) is 27.7 Å². The molecule has 4 nitrogen and oxygen atoms in total. The van der Waals surface area contributed by atoms with Crippen LogP contribution in [0.25, 0.3) is 0 Å². The van der Waals surface area contributed by atoms with E-state index in [0.717, 1.165) is 34.1 Å². The van der Waals surface area contributed by atoms with Crippen LogP contribution < -0.4 is 11.1 Å². The van der Waals surface area contributed by atoms with E-state index in [-0.39, 0.29) is 18.1 Å². The average Bonchev–Trinajstić information content (AvgIpc) is 2.82. The van der Waals surface area contributed by atoms with Crippen molar-refractivity contribution < 1.29 is 9.53 Å². The number of aryl methyl sites for hydroxylation is 2. The molecule has 1 amide bonds. The molecule has 0 saturated carbocycles. The van der Waals surface area contributed by atoms with Crippen LogP contribution in [0.2, 0.25) is 0 Å². The SMILES string of the molecule is Cc1cc(C)c(NC(=O)C2CCC(CN)O2)c(Br)c1. The van der Waals surface area contributed by atoms with Gasteiger partial charge in [0.05, 0.1) is 11.8 Å². The Kier molecular flexibility index (Phi) is 4.60. The van der Waals surface area contributed by atoms with Gasteiger partial charge in [-0.15, -0.1) is 0 Å². The summed E-state index contributed by atoms with van der Waals surface area (Å²) in [6.07, 6.45) is 1.21. The second-order valence-electron chi connectivity index (χ2n) is 4.99. The van der Waals surface area contributed by atoms with Gasteiger partial charge in [-0.3, -0.25) is 4.79 Å². The van der Waals surface area contributed by atoms with Crippen molar-refractivity contribution in [1.29, 1.82) is 0 Å². The van der Waals surface area contributed by atoms with Crippen LogP contribution in [0.15, 0.2) is 16.6 Å². The fraction of sp³-hybridized carbons (Fsp3) is 0.500. The van der Waals surface area contributed by atoms with Gasteiger partial charge in [0, 0.05) is 11.0 Å². The van der Waals surface area contributed by atoms with Crippen LogP contribution in [-0.2, 0) is 9.53 Å². The molecule has 1 aliphatic heterocycles. The number of nitrogens with one attached hydrogen (secondary N) is 1. The van der Waals surface area contributed by atoms with E-state index < -0.39 is 0 Å². The first-order valence-corrected chi connectivity index (χ1v) is 7.23. The highest BCUT2D eigenvalue weighted by atomic mass is 79.9. The molecule has 1 fully saturated rings. The molecule has 1 saturated heterocycles. The highest BCUT2D eigenvalue weighted by Crippen LogP contribution is 2.29. The summed E-state index contributed by atoms with van der Waals surface area (Å²) in [6, 6.07) is 4.03. The van der Waals surface area contributed by atoms with E-state index in [4.69, 9.17) is 10.5 Å². The Balaban J connectivity index is 2.08. The summed E-state index contributed by atoms with van der Waals surface area (Å²) in [7, 11) is 0. The summed E-state index contributed by atoms with van der Waals surface area (Å²) in [4.78, 5) is 12.2. The van der Waals surface area contributed by atoms with Gasteiger partial charge >= 0.3 is 0 Å². The number of anilines is 1. The number of carbonyl (C=O) groups is 1. The molecule has 0 bridgehead atoms. The van der Waals surface area contributed by atoms with Gasteiger partial charge in [0.2, 0.25) is 0 Å². The molecular weight excluding hydrogens is 308 g/mol. The molecule has 19 heavy (non-hydrogen) atoms. The fourth-order valence-corrected chi connectivity index (χ4v) is 3.12. The zero-order valence-electron chi connectivity index (χ0n) is 11.2. The highest BCUT2D eigenvalue weighted by Gasteiger charge is 2.30. The van der Waals surface area contributed by atoms with Crippen molar-refractivity contribution in [1.82, 2.24) is 0 Å². The third-order valence-electron chi connectivity index (χ3n) is 3.34. The Morgan fingerprint density at radius 3 is 2.79 bits per heavy atom. The Labute approximate surface area is 121 Å². The molecule has 0 spiro atoms. The maximum Gasteiger partial charge on any atom is 0.253 e. The molecule has 2 atom stereocenters. The van der Waals surface area contributed by atoms with E-state index in [1.807, 2.05) is 26.0 Å². The predicted molar refractivity (Wildman–Crippen MR) is 79.2 cm³/mol. The monoisotopic (exact) mass is 326 g/mol. The summed E-state index contributed by atoms with van der Waals surface area (Å²) in [5.41, 5.74) is 8.56. The topological polar surface area (TPSA) is 64.4 Å². The number of halogens is 1. The van der Waals surface area contributed by atoms with Gasteiger partial charge in [-0.05, 0) is 59.8 Å². The lowest BCUT2D eigenvalue weighted by atomic mass is 10.1. The molecule has 0 aromatic heterocycles. The molecule has 3 N–H and O–H groups in total. The first kappa shape index (κ1) is 14.5. The number of hydrogen-bond acceptors (Lipinski definition) is 3. The van der Waals surface area contributed by atoms with E-state index in [0.29, 0.717) is 6.54 Å². The highest BCUT2D eigenvalue weighted by molar-refractivity contribution is 9.10. The molecule has 1 heterocycles. The molecular formula is C14H19BrN2O2. The number of hydrogen-bond donors (Lipinski definition) is 2. The van der Waals surface area contributed by atoms with E-state index in [1.165, 1.54) is 0 Å². The minimum absolute atomic E-state index is 0.0123. The predicted octanol–water partition coefficient (Wildman–Crippen LogP) is 2.51. The second-order valence-corrected chi connectivity index (χ2v) is 5.84. The quantitative estimate of drug-likeness (QED) is 0.897. The molecule has 2 unspecified atom stereocenters. The minimum Gasteiger partial charge on any atom is -0.364 e. The Morgan fingerprint density at radius 1 is 1.47 bits per heavy atom. The number of benzene rings is 1. The molecule has 2 rings (SSSR count). The molecule has 0 radical (unpaired) electrons. The van der Waals surface area contributed by atoms with Crippen molar-refractivity contribution in [2.45, 2.75) is 38.9 Å². The summed E-state index contributed by atoms with van der Waals surface area (Å²) in [5.74, 6) is -0.0939. The van der Waals surface area contributed by atoms with Gasteiger partial charge < -0.3 is 15.8 Å². The van der Waals surface area contributed by atoms with Crippen molar-refractivity contribution >= 4 is 27.5 Å². The number of rotatable bonds is 3. The van der Waals surface area contributed by atoms with Crippen LogP contribution in [0.1, 0.15) is 24.0 Å². The molecule has 1 aromatic carbocycles. The van der Waals surface area contributed by atoms with Gasteiger partial charge in [-0.1, -0.05) is 6.07 Å². The van der Waals surface area contributed by atoms with Crippen molar-refractivity contribution in [3.8, 4) is 0 Å². The number of nitrogens with two attached hydrogens (primary N) is 1. The van der Waals surface area contributed by atoms with Gasteiger partial charge in [0.15, 0.2) is 0 Å². The van der Waals surface area contributed by atoms with E-state index >= 15 is 0 Å². The van der Waals surface area contributed by atoms with Crippen LogP contribution in [0.3, 0.4) is 0 Å². The first-order valence-electron chi connectivity index (χ1n) is 6.44. The zero-order chi connectivity index (χ0) is 14.0. The zero-order valence-corrected chi connectivity index (χ0v) is 12.8. The van der Waals surface area contributed by atoms with E-state index in [9.17, 15) is 4.79 Å². The number of amides is 1. The van der Waals surface area contributed by atoms with Crippen LogP contribution in [-0.4, -0.2) is 24.7 Å². The van der Waals surface area contributed by atoms with Gasteiger partial charge in [0.25, 0.3) is 5.91 Å². The van der Waals surface area contributed by atoms with Gasteiger partial charge in [0.1, 0.15) is 6.10 Å². The lowest BCUT2D eigenvalue weighted by Crippen LogP contribution is -2.30. The van der Waals surface area contributed by atoms with E-state index in [1.54, 1.807) is 0 Å². The smallest absolute Gasteiger partial charge is 0.253 e. The number of carbonyl (C=O) groups excluding carboxylic acids is 1.